The van der Waals surface area contributed by atoms with Gasteiger partial charge in [0.2, 0.25) is 0 Å². The molecule has 3 heterocycles. The van der Waals surface area contributed by atoms with E-state index in [-0.39, 0.29) is 42.4 Å². The predicted octanol–water partition coefficient (Wildman–Crippen LogP) is 3.90. The van der Waals surface area contributed by atoms with Crippen molar-refractivity contribution in [3.8, 4) is 0 Å². The summed E-state index contributed by atoms with van der Waals surface area (Å²) in [6.45, 7) is 15.1. The van der Waals surface area contributed by atoms with Crippen LogP contribution < -0.4 is 0 Å². The van der Waals surface area contributed by atoms with E-state index in [0.29, 0.717) is 38.8 Å². The lowest BCUT2D eigenvalue weighted by Gasteiger charge is -2.47. The number of methoxy groups -OCH3 is 1. The molecule has 2 aliphatic heterocycles. The molecule has 0 bridgehead atoms. The van der Waals surface area contributed by atoms with Gasteiger partial charge in [0, 0.05) is 62.8 Å². The molecule has 57 heavy (non-hydrogen) atoms. The molecule has 320 valence electrons. The van der Waals surface area contributed by atoms with Crippen LogP contribution in [0.15, 0.2) is 30.5 Å². The molecule has 2 aromatic rings. The normalized spacial score (nSPS) is 36.1. The first-order chi connectivity index (χ1) is 26.7. The Balaban J connectivity index is 1.49. The minimum Gasteiger partial charge on any atom is -0.459 e. The number of hydrogen-bond acceptors (Lipinski definition) is 14. The standard InChI is InChI=1S/C41H65N5O11/c1-11-33-41(8,51)36(49)28(6)34(47)26(4)22-40(7,54-10)37(24(2)20-25(3)38(50)56-33)57-39-35(48)32(21-27(5)55-39)44(9)18-17-30-23-45(43-42-30)19-16-29-12-14-31(15-13-29)46(52)53/h12-15,23-28,32-33,35-37,39,48-49,51H,11,16-22H2,1-10H3/t24-,25+,26+,27+,28-,32-,33+,35+,36+,37+,39-,40+,41+/m0/s1. The molecular weight excluding hydrogens is 738 g/mol. The van der Waals surface area contributed by atoms with Gasteiger partial charge in [0.25, 0.3) is 5.69 Å². The number of nitro groups is 1. The van der Waals surface area contributed by atoms with Crippen molar-refractivity contribution in [3.05, 3.63) is 51.8 Å². The second-order valence-corrected chi connectivity index (χ2v) is 17.0. The second kappa shape index (κ2) is 19.6. The number of ether oxygens (including phenoxy) is 4. The fourth-order valence-corrected chi connectivity index (χ4v) is 8.63. The van der Waals surface area contributed by atoms with E-state index in [4.69, 9.17) is 18.9 Å². The zero-order valence-corrected chi connectivity index (χ0v) is 35.2. The molecule has 0 unspecified atom stereocenters. The number of hydrogen-bond donors (Lipinski definition) is 3. The minimum atomic E-state index is -1.86. The number of carbonyl (C=O) groups excluding carboxylic acids is 2. The molecule has 0 amide bonds. The molecule has 2 aliphatic rings. The molecule has 16 nitrogen and oxygen atoms in total. The van der Waals surface area contributed by atoms with Gasteiger partial charge in [0.1, 0.15) is 23.6 Å². The number of nitrogens with zero attached hydrogens (tertiary/aromatic N) is 5. The molecule has 0 saturated carbocycles. The van der Waals surface area contributed by atoms with Gasteiger partial charge < -0.3 is 39.2 Å². The highest BCUT2D eigenvalue weighted by Crippen LogP contribution is 2.39. The van der Waals surface area contributed by atoms with Gasteiger partial charge in [-0.1, -0.05) is 52.0 Å². The zero-order valence-electron chi connectivity index (χ0n) is 35.2. The summed E-state index contributed by atoms with van der Waals surface area (Å²) in [6, 6.07) is 6.11. The second-order valence-electron chi connectivity index (χ2n) is 17.0. The number of carbonyl (C=O) groups is 2. The molecule has 13 atom stereocenters. The van der Waals surface area contributed by atoms with Gasteiger partial charge in [-0.15, -0.1) is 5.10 Å². The van der Waals surface area contributed by atoms with E-state index in [9.17, 15) is 35.0 Å². The average Bonchev–Trinajstić information content (AvgIpc) is 3.64. The van der Waals surface area contributed by atoms with E-state index in [1.54, 1.807) is 51.6 Å². The minimum absolute atomic E-state index is 0.0485. The first-order valence-electron chi connectivity index (χ1n) is 20.2. The number of rotatable bonds is 12. The number of aliphatic hydroxyl groups is 3. The van der Waals surface area contributed by atoms with Gasteiger partial charge in [0.05, 0.1) is 40.4 Å². The van der Waals surface area contributed by atoms with Crippen LogP contribution in [0.2, 0.25) is 0 Å². The van der Waals surface area contributed by atoms with Crippen LogP contribution in [0.5, 0.6) is 0 Å². The van der Waals surface area contributed by atoms with Gasteiger partial charge in [-0.25, -0.2) is 0 Å². The summed E-state index contributed by atoms with van der Waals surface area (Å²) >= 11 is 0. The number of likely N-dealkylation sites (N-methyl/N-ethyl adjacent to an activating group) is 1. The number of benzene rings is 1. The van der Waals surface area contributed by atoms with Gasteiger partial charge in [-0.3, -0.25) is 24.4 Å². The molecule has 1 aromatic carbocycles. The Morgan fingerprint density at radius 2 is 1.72 bits per heavy atom. The van der Waals surface area contributed by atoms with Crippen molar-refractivity contribution < 1.29 is 48.8 Å². The van der Waals surface area contributed by atoms with E-state index in [2.05, 4.69) is 15.2 Å². The Labute approximate surface area is 336 Å². The van der Waals surface area contributed by atoms with Crippen molar-refractivity contribution in [2.45, 2.75) is 155 Å². The van der Waals surface area contributed by atoms with Crippen molar-refractivity contribution >= 4 is 17.4 Å². The summed E-state index contributed by atoms with van der Waals surface area (Å²) in [4.78, 5) is 39.9. The van der Waals surface area contributed by atoms with Crippen molar-refractivity contribution in [3.63, 3.8) is 0 Å². The van der Waals surface area contributed by atoms with Gasteiger partial charge in [0.15, 0.2) is 6.29 Å². The highest BCUT2D eigenvalue weighted by molar-refractivity contribution is 5.83. The Hall–Kier alpha value is -3.38. The van der Waals surface area contributed by atoms with E-state index in [0.717, 1.165) is 11.3 Å². The van der Waals surface area contributed by atoms with E-state index in [1.807, 2.05) is 34.0 Å². The Morgan fingerprint density at radius 1 is 1.05 bits per heavy atom. The average molecular weight is 804 g/mol. The molecule has 1 aromatic heterocycles. The van der Waals surface area contributed by atoms with Crippen LogP contribution in [0, 0.1) is 33.8 Å². The summed E-state index contributed by atoms with van der Waals surface area (Å²) in [5.41, 5.74) is -1.18. The number of esters is 1. The van der Waals surface area contributed by atoms with Crippen LogP contribution in [0.25, 0.3) is 0 Å². The largest absolute Gasteiger partial charge is 0.459 e. The highest BCUT2D eigenvalue weighted by Gasteiger charge is 2.50. The number of cyclic esters (lactones) is 1. The fraction of sp³-hybridized carbons (Fsp3) is 0.756. The zero-order chi connectivity index (χ0) is 42.4. The molecule has 0 aliphatic carbocycles. The van der Waals surface area contributed by atoms with Gasteiger partial charge in [-0.2, -0.15) is 0 Å². The van der Waals surface area contributed by atoms with Crippen molar-refractivity contribution in [2.75, 3.05) is 20.7 Å². The quantitative estimate of drug-likeness (QED) is 0.158. The van der Waals surface area contributed by atoms with Crippen LogP contribution in [0.1, 0.15) is 92.3 Å². The maximum absolute atomic E-state index is 13.8. The number of aromatic nitrogens is 3. The smallest absolute Gasteiger partial charge is 0.309 e. The maximum Gasteiger partial charge on any atom is 0.309 e. The van der Waals surface area contributed by atoms with Crippen LogP contribution in [0.4, 0.5) is 5.69 Å². The van der Waals surface area contributed by atoms with E-state index in [1.165, 1.54) is 19.1 Å². The Kier molecular flexibility index (Phi) is 15.9. The molecule has 3 N–H and O–H groups in total. The summed E-state index contributed by atoms with van der Waals surface area (Å²) < 4.78 is 26.8. The van der Waals surface area contributed by atoms with E-state index < -0.39 is 70.6 Å². The van der Waals surface area contributed by atoms with Crippen LogP contribution in [0.3, 0.4) is 0 Å². The van der Waals surface area contributed by atoms with Crippen molar-refractivity contribution in [1.82, 2.24) is 19.9 Å². The van der Waals surface area contributed by atoms with Crippen LogP contribution >= 0.6 is 0 Å². The molecule has 2 saturated heterocycles. The Morgan fingerprint density at radius 3 is 2.33 bits per heavy atom. The molecular formula is C41H65N5O11. The third kappa shape index (κ3) is 11.2. The van der Waals surface area contributed by atoms with Crippen molar-refractivity contribution in [1.29, 1.82) is 0 Å². The Bertz CT molecular complexity index is 1640. The monoisotopic (exact) mass is 803 g/mol. The fourth-order valence-electron chi connectivity index (χ4n) is 8.63. The molecule has 4 rings (SSSR count). The number of aryl methyl sites for hydroxylation is 2. The lowest BCUT2D eigenvalue weighted by Crippen LogP contribution is -2.59. The maximum atomic E-state index is 13.8. The van der Waals surface area contributed by atoms with Gasteiger partial charge >= 0.3 is 5.97 Å². The van der Waals surface area contributed by atoms with Crippen LogP contribution in [-0.2, 0) is 47.9 Å². The summed E-state index contributed by atoms with van der Waals surface area (Å²) in [7, 11) is 3.47. The van der Waals surface area contributed by atoms with Crippen LogP contribution in [-0.4, -0.2) is 127 Å². The predicted molar refractivity (Wildman–Crippen MR) is 210 cm³/mol. The topological polar surface area (TPSA) is 209 Å². The lowest BCUT2D eigenvalue weighted by molar-refractivity contribution is -0.384. The number of nitro benzene ring substituents is 1. The highest BCUT2D eigenvalue weighted by atomic mass is 16.7. The van der Waals surface area contributed by atoms with E-state index >= 15 is 0 Å². The number of non-ortho nitro benzene ring substituents is 1. The third-order valence-electron chi connectivity index (χ3n) is 12.3. The summed E-state index contributed by atoms with van der Waals surface area (Å²) in [6.07, 6.45) is -1.31. The number of ketones is 1. The number of Topliss-reactive ketones (excluding diaryl/α,β-unsaturated/α-hetero) is 1. The van der Waals surface area contributed by atoms with Crippen molar-refractivity contribution in [2.24, 2.45) is 23.7 Å². The third-order valence-corrected chi connectivity index (χ3v) is 12.3. The lowest BCUT2D eigenvalue weighted by atomic mass is 9.74. The molecule has 2 fully saturated rings. The first kappa shape index (κ1) is 46.3. The summed E-state index contributed by atoms with van der Waals surface area (Å²) in [5, 5.41) is 54.1. The molecule has 0 spiro atoms. The summed E-state index contributed by atoms with van der Waals surface area (Å²) in [5.74, 6) is -3.39. The molecule has 16 heteroatoms. The SMILES string of the molecule is CC[C@H]1OC(=O)[C@H](C)C[C@H](C)[C@@H](O[C@@H]2O[C@H](C)C[C@H](N(C)CCc3cn(CCc4ccc([N+](=O)[O-])cc4)nn3)[C@H]2O)[C@](C)(OC)C[C@@H](C)C(=O)[C@H](C)[C@@H](O)[C@]1(C)O. The first-order valence-corrected chi connectivity index (χ1v) is 20.2. The molecule has 0 radical (unpaired) electrons. The number of aliphatic hydroxyl groups excluding tert-OH is 2. The van der Waals surface area contributed by atoms with Gasteiger partial charge in [-0.05, 0) is 71.4 Å².